The zero-order valence-electron chi connectivity index (χ0n) is 21.7. The fourth-order valence-electron chi connectivity index (χ4n) is 4.80. The molecule has 2 aromatic carbocycles. The van der Waals surface area contributed by atoms with Gasteiger partial charge in [0.25, 0.3) is 5.56 Å². The number of hydrogen-bond acceptors (Lipinski definition) is 8. The Bertz CT molecular complexity index is 1460. The van der Waals surface area contributed by atoms with E-state index in [0.717, 1.165) is 45.8 Å². The Labute approximate surface area is 215 Å². The third-order valence-corrected chi connectivity index (χ3v) is 6.92. The lowest BCUT2D eigenvalue weighted by atomic mass is 10.0. The summed E-state index contributed by atoms with van der Waals surface area (Å²) in [5.41, 5.74) is 4.81. The molecular weight excluding hydrogens is 472 g/mol. The van der Waals surface area contributed by atoms with E-state index in [9.17, 15) is 4.79 Å². The van der Waals surface area contributed by atoms with Crippen LogP contribution in [0.2, 0.25) is 0 Å². The molecule has 1 N–H and O–H groups in total. The van der Waals surface area contributed by atoms with Crippen LogP contribution in [-0.2, 0) is 24.4 Å². The molecule has 37 heavy (non-hydrogen) atoms. The highest BCUT2D eigenvalue weighted by Crippen LogP contribution is 2.34. The Morgan fingerprint density at radius 1 is 1.11 bits per heavy atom. The number of methoxy groups -OCH3 is 1. The van der Waals surface area contributed by atoms with Crippen molar-refractivity contribution in [1.29, 1.82) is 0 Å². The molecule has 0 bridgehead atoms. The molecule has 0 saturated heterocycles. The molecule has 1 aliphatic rings. The third kappa shape index (κ3) is 5.21. The van der Waals surface area contributed by atoms with Crippen LogP contribution in [0.3, 0.4) is 0 Å². The van der Waals surface area contributed by atoms with Crippen LogP contribution in [0.15, 0.2) is 41.2 Å². The van der Waals surface area contributed by atoms with Gasteiger partial charge in [-0.2, -0.15) is 0 Å². The molecule has 0 fully saturated rings. The van der Waals surface area contributed by atoms with Gasteiger partial charge >= 0.3 is 0 Å². The van der Waals surface area contributed by atoms with Gasteiger partial charge in [0, 0.05) is 31.3 Å². The van der Waals surface area contributed by atoms with E-state index in [1.54, 1.807) is 11.8 Å². The number of tetrazole rings is 1. The Balaban J connectivity index is 1.53. The van der Waals surface area contributed by atoms with E-state index in [4.69, 9.17) is 14.2 Å². The smallest absolute Gasteiger partial charge is 0.252 e. The summed E-state index contributed by atoms with van der Waals surface area (Å²) in [6.07, 6.45) is 0.752. The van der Waals surface area contributed by atoms with Gasteiger partial charge in [-0.05, 0) is 83.1 Å². The van der Waals surface area contributed by atoms with Gasteiger partial charge < -0.3 is 19.2 Å². The second-order valence-electron chi connectivity index (χ2n) is 9.42. The Hall–Kier alpha value is -3.76. The molecule has 0 spiro atoms. The van der Waals surface area contributed by atoms with Crippen LogP contribution in [0.1, 0.15) is 47.5 Å². The first-order chi connectivity index (χ1) is 18.0. The molecule has 10 heteroatoms. The number of benzene rings is 2. The molecule has 3 heterocycles. The van der Waals surface area contributed by atoms with Gasteiger partial charge in [0.2, 0.25) is 6.79 Å². The van der Waals surface area contributed by atoms with Crippen molar-refractivity contribution >= 4 is 10.9 Å². The highest BCUT2D eigenvalue weighted by Gasteiger charge is 2.27. The number of nitrogens with one attached hydrogen (secondary N) is 1. The minimum atomic E-state index is -0.132. The SMILES string of the molecule is CC[C@H](c1nnnn1CCOC)N(Cc1ccc2c(c1)OCO2)Cc1cc2cc(C)c(C)cc2[nH]c1=O. The maximum atomic E-state index is 13.2. The number of rotatable bonds is 10. The minimum Gasteiger partial charge on any atom is -0.454 e. The molecule has 1 aliphatic heterocycles. The van der Waals surface area contributed by atoms with Gasteiger partial charge in [-0.1, -0.05) is 13.0 Å². The average molecular weight is 505 g/mol. The summed E-state index contributed by atoms with van der Waals surface area (Å²) in [6.45, 7) is 8.48. The van der Waals surface area contributed by atoms with Crippen LogP contribution in [0, 0.1) is 13.8 Å². The zero-order valence-corrected chi connectivity index (χ0v) is 21.7. The summed E-state index contributed by atoms with van der Waals surface area (Å²) in [5.74, 6) is 2.20. The summed E-state index contributed by atoms with van der Waals surface area (Å²) in [7, 11) is 1.66. The predicted molar refractivity (Wildman–Crippen MR) is 139 cm³/mol. The maximum Gasteiger partial charge on any atom is 0.252 e. The lowest BCUT2D eigenvalue weighted by molar-refractivity contribution is 0.150. The van der Waals surface area contributed by atoms with Gasteiger partial charge in [-0.25, -0.2) is 4.68 Å². The van der Waals surface area contributed by atoms with E-state index in [1.807, 2.05) is 37.3 Å². The van der Waals surface area contributed by atoms with Crippen molar-refractivity contribution in [2.45, 2.75) is 52.9 Å². The Morgan fingerprint density at radius 2 is 1.92 bits per heavy atom. The van der Waals surface area contributed by atoms with Gasteiger partial charge in [0.15, 0.2) is 17.3 Å². The number of H-pyrrole nitrogens is 1. The number of aryl methyl sites for hydroxylation is 2. The summed E-state index contributed by atoms with van der Waals surface area (Å²) >= 11 is 0. The highest BCUT2D eigenvalue weighted by atomic mass is 16.7. The van der Waals surface area contributed by atoms with Crippen LogP contribution >= 0.6 is 0 Å². The maximum absolute atomic E-state index is 13.2. The van der Waals surface area contributed by atoms with E-state index in [0.29, 0.717) is 31.8 Å². The number of ether oxygens (including phenoxy) is 3. The Morgan fingerprint density at radius 3 is 2.73 bits per heavy atom. The average Bonchev–Trinajstić information content (AvgIpc) is 3.54. The lowest BCUT2D eigenvalue weighted by Crippen LogP contribution is -2.32. The second kappa shape index (κ2) is 10.7. The topological polar surface area (TPSA) is 107 Å². The monoisotopic (exact) mass is 504 g/mol. The standard InChI is InChI=1S/C27H32N6O4/c1-5-23(26-29-30-31-33(26)8-9-35-4)32(14-19-6-7-24-25(12-19)37-16-36-24)15-21-13-20-10-17(2)18(3)11-22(20)28-27(21)34/h6-7,10-13,23H,5,8-9,14-16H2,1-4H3,(H,28,34)/t23-/m1/s1. The summed E-state index contributed by atoms with van der Waals surface area (Å²) in [5, 5.41) is 13.5. The molecule has 5 rings (SSSR count). The molecule has 0 saturated carbocycles. The molecule has 4 aromatic rings. The summed E-state index contributed by atoms with van der Waals surface area (Å²) in [6, 6.07) is 12.0. The van der Waals surface area contributed by atoms with Gasteiger partial charge in [-0.15, -0.1) is 5.10 Å². The Kier molecular flexibility index (Phi) is 7.20. The normalized spacial score (nSPS) is 13.5. The lowest BCUT2D eigenvalue weighted by Gasteiger charge is -2.30. The number of fused-ring (bicyclic) bond motifs is 2. The van der Waals surface area contributed by atoms with E-state index in [1.165, 1.54) is 5.56 Å². The fourth-order valence-corrected chi connectivity index (χ4v) is 4.80. The number of aromatic amines is 1. The van der Waals surface area contributed by atoms with Crippen molar-refractivity contribution in [2.75, 3.05) is 20.5 Å². The van der Waals surface area contributed by atoms with Crippen LogP contribution < -0.4 is 15.0 Å². The molecule has 1 atom stereocenters. The van der Waals surface area contributed by atoms with E-state index >= 15 is 0 Å². The fraction of sp³-hybridized carbons (Fsp3) is 0.407. The van der Waals surface area contributed by atoms with Gasteiger partial charge in [0.05, 0.1) is 19.2 Å². The van der Waals surface area contributed by atoms with Gasteiger partial charge in [-0.3, -0.25) is 9.69 Å². The molecule has 0 unspecified atom stereocenters. The van der Waals surface area contributed by atoms with Gasteiger partial charge in [0.1, 0.15) is 0 Å². The second-order valence-corrected chi connectivity index (χ2v) is 9.42. The summed E-state index contributed by atoms with van der Waals surface area (Å²) in [4.78, 5) is 18.5. The zero-order chi connectivity index (χ0) is 25.9. The first kappa shape index (κ1) is 24.9. The summed E-state index contributed by atoms with van der Waals surface area (Å²) < 4.78 is 18.1. The molecule has 0 radical (unpaired) electrons. The number of nitrogens with zero attached hydrogens (tertiary/aromatic N) is 5. The van der Waals surface area contributed by atoms with Crippen molar-refractivity contribution in [2.24, 2.45) is 0 Å². The highest BCUT2D eigenvalue weighted by molar-refractivity contribution is 5.80. The first-order valence-electron chi connectivity index (χ1n) is 12.5. The van der Waals surface area contributed by atoms with Crippen molar-refractivity contribution < 1.29 is 14.2 Å². The molecule has 0 amide bonds. The van der Waals surface area contributed by atoms with E-state index in [-0.39, 0.29) is 18.4 Å². The minimum absolute atomic E-state index is 0.0970. The molecular formula is C27H32N6O4. The van der Waals surface area contributed by atoms with E-state index in [2.05, 4.69) is 45.3 Å². The first-order valence-corrected chi connectivity index (χ1v) is 12.5. The van der Waals surface area contributed by atoms with Crippen LogP contribution in [0.4, 0.5) is 0 Å². The molecule has 10 nitrogen and oxygen atoms in total. The largest absolute Gasteiger partial charge is 0.454 e. The number of hydrogen-bond donors (Lipinski definition) is 1. The third-order valence-electron chi connectivity index (χ3n) is 6.92. The van der Waals surface area contributed by atoms with Crippen molar-refractivity contribution in [1.82, 2.24) is 30.1 Å². The van der Waals surface area contributed by atoms with Crippen LogP contribution in [-0.4, -0.2) is 50.6 Å². The van der Waals surface area contributed by atoms with Crippen molar-refractivity contribution in [3.63, 3.8) is 0 Å². The van der Waals surface area contributed by atoms with Crippen LogP contribution in [0.5, 0.6) is 11.5 Å². The quantitative estimate of drug-likeness (QED) is 0.349. The predicted octanol–water partition coefficient (Wildman–Crippen LogP) is 3.66. The van der Waals surface area contributed by atoms with Crippen LogP contribution in [0.25, 0.3) is 10.9 Å². The van der Waals surface area contributed by atoms with Crippen molar-refractivity contribution in [3.8, 4) is 11.5 Å². The molecule has 0 aliphatic carbocycles. The van der Waals surface area contributed by atoms with Crippen molar-refractivity contribution in [3.05, 3.63) is 74.8 Å². The molecule has 194 valence electrons. The number of aromatic nitrogens is 5. The van der Waals surface area contributed by atoms with E-state index < -0.39 is 0 Å². The molecule has 2 aromatic heterocycles. The number of pyridine rings is 1.